The van der Waals surface area contributed by atoms with Gasteiger partial charge < -0.3 is 11.1 Å². The molecule has 28 heavy (non-hydrogen) atoms. The molecule has 4 rings (SSSR count). The fourth-order valence-electron chi connectivity index (χ4n) is 3.69. The zero-order valence-electron chi connectivity index (χ0n) is 15.1. The average Bonchev–Trinajstić information content (AvgIpc) is 3.53. The number of anilines is 1. The van der Waals surface area contributed by atoms with E-state index in [2.05, 4.69) is 20.7 Å². The first kappa shape index (κ1) is 18.9. The van der Waals surface area contributed by atoms with Crippen LogP contribution in [0.25, 0.3) is 0 Å². The van der Waals surface area contributed by atoms with Crippen LogP contribution in [0.3, 0.4) is 0 Å². The number of halogens is 3. The van der Waals surface area contributed by atoms with Crippen molar-refractivity contribution in [3.05, 3.63) is 24.3 Å². The fourth-order valence-corrected chi connectivity index (χ4v) is 3.69. The lowest BCUT2D eigenvalue weighted by Crippen LogP contribution is -2.43. The molecule has 0 saturated heterocycles. The number of aromatic nitrogens is 5. The number of rotatable bonds is 8. The van der Waals surface area contributed by atoms with Crippen LogP contribution in [0.5, 0.6) is 0 Å². The number of carbonyl (C=O) groups excluding carboxylic acids is 1. The van der Waals surface area contributed by atoms with Gasteiger partial charge in [-0.25, -0.2) is 4.68 Å². The van der Waals surface area contributed by atoms with Gasteiger partial charge in [0.1, 0.15) is 12.2 Å². The molecule has 2 aromatic rings. The number of hydrogen-bond acceptors (Lipinski definition) is 5. The van der Waals surface area contributed by atoms with Crippen LogP contribution < -0.4 is 11.1 Å². The molecule has 1 amide bonds. The Balaban J connectivity index is 1.33. The highest BCUT2D eigenvalue weighted by Gasteiger charge is 2.46. The van der Waals surface area contributed by atoms with Crippen LogP contribution in [-0.2, 0) is 17.9 Å². The van der Waals surface area contributed by atoms with E-state index in [4.69, 9.17) is 5.73 Å². The summed E-state index contributed by atoms with van der Waals surface area (Å²) < 4.78 is 39.3. The molecule has 2 aromatic heterocycles. The van der Waals surface area contributed by atoms with E-state index in [1.54, 1.807) is 6.20 Å². The van der Waals surface area contributed by atoms with Crippen LogP contribution in [0.1, 0.15) is 31.4 Å². The van der Waals surface area contributed by atoms with E-state index in [0.717, 1.165) is 30.4 Å². The molecule has 0 bridgehead atoms. The molecule has 2 heterocycles. The van der Waals surface area contributed by atoms with Crippen LogP contribution in [0, 0.1) is 17.8 Å². The minimum Gasteiger partial charge on any atom is -0.322 e. The first-order chi connectivity index (χ1) is 13.3. The minimum atomic E-state index is -4.36. The van der Waals surface area contributed by atoms with E-state index >= 15 is 0 Å². The Labute approximate surface area is 159 Å². The molecule has 0 unspecified atom stereocenters. The Morgan fingerprint density at radius 2 is 1.89 bits per heavy atom. The first-order valence-corrected chi connectivity index (χ1v) is 9.33. The predicted molar refractivity (Wildman–Crippen MR) is 92.9 cm³/mol. The molecule has 11 heteroatoms. The highest BCUT2D eigenvalue weighted by Crippen LogP contribution is 2.50. The van der Waals surface area contributed by atoms with Gasteiger partial charge in [0.2, 0.25) is 5.91 Å². The average molecular weight is 397 g/mol. The van der Waals surface area contributed by atoms with E-state index in [9.17, 15) is 18.0 Å². The second-order valence-electron chi connectivity index (χ2n) is 7.72. The van der Waals surface area contributed by atoms with Crippen LogP contribution in [-0.4, -0.2) is 42.9 Å². The van der Waals surface area contributed by atoms with Gasteiger partial charge in [0.25, 0.3) is 0 Å². The van der Waals surface area contributed by atoms with Crippen molar-refractivity contribution in [3.8, 4) is 0 Å². The smallest absolute Gasteiger partial charge is 0.322 e. The number of nitrogens with two attached hydrogens (primary N) is 1. The molecule has 2 aliphatic carbocycles. The molecule has 8 nitrogen and oxygen atoms in total. The molecule has 2 saturated carbocycles. The van der Waals surface area contributed by atoms with Gasteiger partial charge in [-0.05, 0) is 43.4 Å². The van der Waals surface area contributed by atoms with Gasteiger partial charge in [-0.2, -0.15) is 18.3 Å². The van der Waals surface area contributed by atoms with Crippen molar-refractivity contribution in [1.82, 2.24) is 24.8 Å². The van der Waals surface area contributed by atoms with Crippen molar-refractivity contribution in [1.29, 1.82) is 0 Å². The number of nitrogens with one attached hydrogen (secondary N) is 1. The van der Waals surface area contributed by atoms with E-state index < -0.39 is 18.8 Å². The number of carbonyl (C=O) groups is 1. The summed E-state index contributed by atoms with van der Waals surface area (Å²) in [6.07, 6.45) is 4.53. The normalized spacial score (nSPS) is 18.5. The third-order valence-corrected chi connectivity index (χ3v) is 5.20. The molecule has 2 fully saturated rings. The number of alkyl halides is 3. The summed E-state index contributed by atoms with van der Waals surface area (Å²) >= 11 is 0. The van der Waals surface area contributed by atoms with Crippen molar-refractivity contribution >= 4 is 11.6 Å². The van der Waals surface area contributed by atoms with E-state index in [-0.39, 0.29) is 18.4 Å². The van der Waals surface area contributed by atoms with Crippen LogP contribution >= 0.6 is 0 Å². The van der Waals surface area contributed by atoms with Crippen LogP contribution in [0.4, 0.5) is 18.9 Å². The van der Waals surface area contributed by atoms with Gasteiger partial charge in [0, 0.05) is 6.20 Å². The Morgan fingerprint density at radius 1 is 1.21 bits per heavy atom. The van der Waals surface area contributed by atoms with Crippen LogP contribution in [0.15, 0.2) is 18.6 Å². The Bertz CT molecular complexity index is 826. The molecular weight excluding hydrogens is 375 g/mol. The van der Waals surface area contributed by atoms with Crippen molar-refractivity contribution in [2.45, 2.75) is 51.0 Å². The predicted octanol–water partition coefficient (Wildman–Crippen LogP) is 1.79. The van der Waals surface area contributed by atoms with Gasteiger partial charge in [-0.15, -0.1) is 5.10 Å². The molecule has 1 atom stereocenters. The number of hydrogen-bond donors (Lipinski definition) is 2. The summed E-state index contributed by atoms with van der Waals surface area (Å²) in [5.41, 5.74) is 7.05. The molecule has 0 aromatic carbocycles. The SMILES string of the molecule is N[C@H](C(=O)Nc1cnn(Cc2cn(CC(F)(F)F)nn2)c1)C(C1CC1)C1CC1. The van der Waals surface area contributed by atoms with Gasteiger partial charge >= 0.3 is 6.18 Å². The Morgan fingerprint density at radius 3 is 2.50 bits per heavy atom. The molecule has 152 valence electrons. The number of nitrogens with zero attached hydrogens (tertiary/aromatic N) is 5. The second kappa shape index (κ2) is 7.19. The summed E-state index contributed by atoms with van der Waals surface area (Å²) in [4.78, 5) is 12.5. The maximum absolute atomic E-state index is 12.5. The quantitative estimate of drug-likeness (QED) is 0.707. The van der Waals surface area contributed by atoms with Crippen molar-refractivity contribution in [2.75, 3.05) is 5.32 Å². The Hall–Kier alpha value is -2.43. The van der Waals surface area contributed by atoms with Gasteiger partial charge in [0.15, 0.2) is 0 Å². The van der Waals surface area contributed by atoms with E-state index in [1.807, 2.05) is 0 Å². The highest BCUT2D eigenvalue weighted by molar-refractivity contribution is 5.94. The zero-order chi connectivity index (χ0) is 19.9. The number of amides is 1. The molecule has 0 aliphatic heterocycles. The molecule has 0 radical (unpaired) electrons. The molecule has 2 aliphatic rings. The largest absolute Gasteiger partial charge is 0.408 e. The van der Waals surface area contributed by atoms with E-state index in [0.29, 0.717) is 23.2 Å². The lowest BCUT2D eigenvalue weighted by molar-refractivity contribution is -0.142. The maximum atomic E-state index is 12.5. The Kier molecular flexibility index (Phi) is 4.86. The topological polar surface area (TPSA) is 104 Å². The van der Waals surface area contributed by atoms with Gasteiger partial charge in [-0.3, -0.25) is 9.48 Å². The summed E-state index contributed by atoms with van der Waals surface area (Å²) in [5.74, 6) is 1.16. The van der Waals surface area contributed by atoms with Crippen molar-refractivity contribution in [2.24, 2.45) is 23.5 Å². The van der Waals surface area contributed by atoms with Gasteiger partial charge in [0.05, 0.1) is 30.7 Å². The monoisotopic (exact) mass is 397 g/mol. The van der Waals surface area contributed by atoms with E-state index in [1.165, 1.54) is 17.1 Å². The highest BCUT2D eigenvalue weighted by atomic mass is 19.4. The molecule has 0 spiro atoms. The summed E-state index contributed by atoms with van der Waals surface area (Å²) in [6.45, 7) is -1.05. The third kappa shape index (κ3) is 4.70. The summed E-state index contributed by atoms with van der Waals surface area (Å²) in [7, 11) is 0. The lowest BCUT2D eigenvalue weighted by Gasteiger charge is -2.22. The second-order valence-corrected chi connectivity index (χ2v) is 7.72. The van der Waals surface area contributed by atoms with Crippen molar-refractivity contribution < 1.29 is 18.0 Å². The maximum Gasteiger partial charge on any atom is 0.408 e. The van der Waals surface area contributed by atoms with Crippen molar-refractivity contribution in [3.63, 3.8) is 0 Å². The summed E-state index contributed by atoms with van der Waals surface area (Å²) in [5, 5.41) is 14.1. The summed E-state index contributed by atoms with van der Waals surface area (Å²) in [6, 6.07) is -0.536. The lowest BCUT2D eigenvalue weighted by atomic mass is 9.89. The molecule has 3 N–H and O–H groups in total. The zero-order valence-corrected chi connectivity index (χ0v) is 15.1. The van der Waals surface area contributed by atoms with Crippen LogP contribution in [0.2, 0.25) is 0 Å². The third-order valence-electron chi connectivity index (χ3n) is 5.20. The standard InChI is InChI=1S/C17H22F3N7O/c18-17(19,20)9-27-8-13(24-25-27)7-26-6-12(5-22-26)23-16(28)15(21)14(10-1-2-10)11-3-4-11/h5-6,8,10-11,14-15H,1-4,7,9,21H2,(H,23,28)/t15-/m0/s1. The minimum absolute atomic E-state index is 0.145. The fraction of sp³-hybridized carbons (Fsp3) is 0.647. The first-order valence-electron chi connectivity index (χ1n) is 9.33. The van der Waals surface area contributed by atoms with Gasteiger partial charge in [-0.1, -0.05) is 5.21 Å². The molecular formula is C17H22F3N7O.